The van der Waals surface area contributed by atoms with Gasteiger partial charge in [-0.3, -0.25) is 10.1 Å². The maximum atomic E-state index is 12.0. The van der Waals surface area contributed by atoms with Crippen molar-refractivity contribution in [3.63, 3.8) is 0 Å². The zero-order chi connectivity index (χ0) is 15.6. The van der Waals surface area contributed by atoms with Crippen LogP contribution in [0, 0.1) is 10.1 Å². The molecule has 1 aromatic carbocycles. The van der Waals surface area contributed by atoms with Crippen molar-refractivity contribution in [3.05, 3.63) is 39.9 Å². The summed E-state index contributed by atoms with van der Waals surface area (Å²) in [6, 6.07) is 6.28. The smallest absolute Gasteiger partial charge is 0.258 e. The fraction of sp³-hybridized carbons (Fsp3) is 0.571. The van der Waals surface area contributed by atoms with Crippen LogP contribution >= 0.6 is 0 Å². The standard InChI is InChI=1S/C14H20N2O4S/c1-10(2)21(19,20)15-14-5-3-4-13(14)11-6-8-12(9-7-11)16(17)18/h6-10,13-15H,3-5H2,1-2H3/t13-,14-/m1/s1. The van der Waals surface area contributed by atoms with E-state index in [0.29, 0.717) is 0 Å². The predicted molar refractivity (Wildman–Crippen MR) is 80.7 cm³/mol. The number of nitro benzene ring substituents is 1. The molecule has 1 aliphatic rings. The lowest BCUT2D eigenvalue weighted by atomic mass is 9.94. The Labute approximate surface area is 124 Å². The SMILES string of the molecule is CC(C)S(=O)(=O)N[C@@H]1CCC[C@@H]1c1ccc([N+](=O)[O-])cc1. The minimum atomic E-state index is -3.30. The van der Waals surface area contributed by atoms with E-state index in [9.17, 15) is 18.5 Å². The minimum Gasteiger partial charge on any atom is -0.258 e. The van der Waals surface area contributed by atoms with E-state index in [-0.39, 0.29) is 17.6 Å². The lowest BCUT2D eigenvalue weighted by Gasteiger charge is -2.22. The number of non-ortho nitro benzene ring substituents is 1. The van der Waals surface area contributed by atoms with Crippen LogP contribution in [-0.2, 0) is 10.0 Å². The molecule has 0 aromatic heterocycles. The summed E-state index contributed by atoms with van der Waals surface area (Å²) >= 11 is 0. The van der Waals surface area contributed by atoms with E-state index in [0.717, 1.165) is 24.8 Å². The van der Waals surface area contributed by atoms with Gasteiger partial charge in [0.2, 0.25) is 10.0 Å². The molecule has 21 heavy (non-hydrogen) atoms. The van der Waals surface area contributed by atoms with Crippen molar-refractivity contribution in [2.24, 2.45) is 0 Å². The number of sulfonamides is 1. The van der Waals surface area contributed by atoms with E-state index < -0.39 is 20.2 Å². The van der Waals surface area contributed by atoms with E-state index >= 15 is 0 Å². The zero-order valence-electron chi connectivity index (χ0n) is 12.2. The van der Waals surface area contributed by atoms with Crippen molar-refractivity contribution >= 4 is 15.7 Å². The first-order valence-electron chi connectivity index (χ1n) is 7.07. The third-order valence-corrected chi connectivity index (χ3v) is 5.86. The van der Waals surface area contributed by atoms with Gasteiger partial charge < -0.3 is 0 Å². The van der Waals surface area contributed by atoms with E-state index in [1.54, 1.807) is 26.0 Å². The van der Waals surface area contributed by atoms with Gasteiger partial charge in [-0.25, -0.2) is 13.1 Å². The first-order chi connectivity index (χ1) is 9.81. The van der Waals surface area contributed by atoms with E-state index in [1.807, 2.05) is 0 Å². The molecular formula is C14H20N2O4S. The average molecular weight is 312 g/mol. The monoisotopic (exact) mass is 312 g/mol. The van der Waals surface area contributed by atoms with E-state index in [1.165, 1.54) is 12.1 Å². The summed E-state index contributed by atoms with van der Waals surface area (Å²) < 4.78 is 26.8. The van der Waals surface area contributed by atoms with Gasteiger partial charge in [-0.1, -0.05) is 18.6 Å². The largest absolute Gasteiger partial charge is 0.269 e. The van der Waals surface area contributed by atoms with Crippen molar-refractivity contribution in [1.29, 1.82) is 0 Å². The van der Waals surface area contributed by atoms with Crippen LogP contribution in [0.15, 0.2) is 24.3 Å². The number of hydrogen-bond donors (Lipinski definition) is 1. The summed E-state index contributed by atoms with van der Waals surface area (Å²) in [7, 11) is -3.30. The Bertz CT molecular complexity index is 610. The quantitative estimate of drug-likeness (QED) is 0.668. The molecule has 1 fully saturated rings. The molecule has 6 nitrogen and oxygen atoms in total. The molecule has 0 saturated heterocycles. The topological polar surface area (TPSA) is 89.3 Å². The summed E-state index contributed by atoms with van der Waals surface area (Å²) in [5.41, 5.74) is 1.01. The molecule has 0 bridgehead atoms. The van der Waals surface area contributed by atoms with Crippen LogP contribution in [0.1, 0.15) is 44.6 Å². The van der Waals surface area contributed by atoms with Crippen molar-refractivity contribution in [1.82, 2.24) is 4.72 Å². The lowest BCUT2D eigenvalue weighted by Crippen LogP contribution is -2.40. The average Bonchev–Trinajstić information content (AvgIpc) is 2.86. The summed E-state index contributed by atoms with van der Waals surface area (Å²) in [5.74, 6) is 0.0827. The molecule has 0 spiro atoms. The lowest BCUT2D eigenvalue weighted by molar-refractivity contribution is -0.384. The summed E-state index contributed by atoms with van der Waals surface area (Å²) in [6.07, 6.45) is 2.64. The molecule has 7 heteroatoms. The molecule has 1 N–H and O–H groups in total. The van der Waals surface area contributed by atoms with E-state index in [4.69, 9.17) is 0 Å². The maximum absolute atomic E-state index is 12.0. The molecule has 1 aromatic rings. The van der Waals surface area contributed by atoms with Crippen LogP contribution < -0.4 is 4.72 Å². The molecule has 0 heterocycles. The molecule has 116 valence electrons. The second kappa shape index (κ2) is 6.11. The third kappa shape index (κ3) is 3.59. The molecule has 0 amide bonds. The normalized spacial score (nSPS) is 22.6. The van der Waals surface area contributed by atoms with Gasteiger partial charge in [0.25, 0.3) is 5.69 Å². The molecule has 0 radical (unpaired) electrons. The number of benzene rings is 1. The number of hydrogen-bond acceptors (Lipinski definition) is 4. The van der Waals surface area contributed by atoms with Crippen LogP contribution in [0.5, 0.6) is 0 Å². The van der Waals surface area contributed by atoms with Gasteiger partial charge >= 0.3 is 0 Å². The highest BCUT2D eigenvalue weighted by molar-refractivity contribution is 7.90. The highest BCUT2D eigenvalue weighted by Gasteiger charge is 2.32. The number of nitrogens with one attached hydrogen (secondary N) is 1. The van der Waals surface area contributed by atoms with Gasteiger partial charge in [-0.15, -0.1) is 0 Å². The Morgan fingerprint density at radius 2 is 1.86 bits per heavy atom. The second-order valence-corrected chi connectivity index (χ2v) is 7.97. The molecule has 0 unspecified atom stereocenters. The Morgan fingerprint density at radius 3 is 2.38 bits per heavy atom. The number of rotatable bonds is 5. The minimum absolute atomic E-state index is 0.0519. The van der Waals surface area contributed by atoms with Crippen molar-refractivity contribution in [2.45, 2.75) is 50.3 Å². The van der Waals surface area contributed by atoms with E-state index in [2.05, 4.69) is 4.72 Å². The summed E-state index contributed by atoms with van der Waals surface area (Å²) in [6.45, 7) is 3.30. The van der Waals surface area contributed by atoms with Crippen LogP contribution in [0.25, 0.3) is 0 Å². The Morgan fingerprint density at radius 1 is 1.24 bits per heavy atom. The van der Waals surface area contributed by atoms with Crippen molar-refractivity contribution in [3.8, 4) is 0 Å². The maximum Gasteiger partial charge on any atom is 0.269 e. The van der Waals surface area contributed by atoms with Gasteiger partial charge in [0, 0.05) is 24.1 Å². The van der Waals surface area contributed by atoms with Crippen molar-refractivity contribution < 1.29 is 13.3 Å². The fourth-order valence-corrected chi connectivity index (χ4v) is 3.67. The molecular weight excluding hydrogens is 292 g/mol. The van der Waals surface area contributed by atoms with Gasteiger partial charge in [0.05, 0.1) is 10.2 Å². The molecule has 1 aliphatic carbocycles. The molecule has 0 aliphatic heterocycles. The van der Waals surface area contributed by atoms with Gasteiger partial charge in [-0.05, 0) is 32.3 Å². The molecule has 2 atom stereocenters. The second-order valence-electron chi connectivity index (χ2n) is 5.70. The number of nitrogens with zero attached hydrogens (tertiary/aromatic N) is 1. The molecule has 2 rings (SSSR count). The summed E-state index contributed by atoms with van der Waals surface area (Å²) in [4.78, 5) is 10.2. The fourth-order valence-electron chi connectivity index (χ4n) is 2.69. The Kier molecular flexibility index (Phi) is 4.63. The van der Waals surface area contributed by atoms with Crippen LogP contribution in [0.4, 0.5) is 5.69 Å². The van der Waals surface area contributed by atoms with Crippen LogP contribution in [-0.4, -0.2) is 24.6 Å². The highest BCUT2D eigenvalue weighted by Crippen LogP contribution is 2.35. The Balaban J connectivity index is 2.17. The van der Waals surface area contributed by atoms with Gasteiger partial charge in [0.1, 0.15) is 0 Å². The van der Waals surface area contributed by atoms with Gasteiger partial charge in [0.15, 0.2) is 0 Å². The summed E-state index contributed by atoms with van der Waals surface area (Å²) in [5, 5.41) is 10.2. The third-order valence-electron chi connectivity index (χ3n) is 3.98. The first kappa shape index (κ1) is 15.9. The Hall–Kier alpha value is -1.47. The first-order valence-corrected chi connectivity index (χ1v) is 8.61. The molecule has 1 saturated carbocycles. The van der Waals surface area contributed by atoms with Crippen molar-refractivity contribution in [2.75, 3.05) is 0 Å². The predicted octanol–water partition coefficient (Wildman–Crippen LogP) is 2.56. The van der Waals surface area contributed by atoms with Crippen LogP contribution in [0.3, 0.4) is 0 Å². The highest BCUT2D eigenvalue weighted by atomic mass is 32.2. The number of nitro groups is 1. The van der Waals surface area contributed by atoms with Gasteiger partial charge in [-0.2, -0.15) is 0 Å². The zero-order valence-corrected chi connectivity index (χ0v) is 13.0. The van der Waals surface area contributed by atoms with Crippen LogP contribution in [0.2, 0.25) is 0 Å².